The number of cyclic esters (lactones) is 1. The monoisotopic (exact) mass is 870 g/mol. The van der Waals surface area contributed by atoms with Gasteiger partial charge in [0.05, 0.1) is 46.3 Å². The molecule has 0 amide bonds. The normalized spacial score (nSPS) is 36.5. The number of sulfonamides is 1. The number of hydrogen-bond acceptors (Lipinski definition) is 13. The van der Waals surface area contributed by atoms with E-state index in [1.54, 1.807) is 84.1 Å². The highest BCUT2D eigenvalue weighted by Crippen LogP contribution is 2.38. The van der Waals surface area contributed by atoms with E-state index in [4.69, 9.17) is 18.9 Å². The van der Waals surface area contributed by atoms with Gasteiger partial charge in [-0.2, -0.15) is 4.31 Å². The number of aliphatic hydroxyl groups excluding tert-OH is 2. The maximum Gasteiger partial charge on any atom is 0.338 e. The van der Waals surface area contributed by atoms with Crippen molar-refractivity contribution in [2.75, 3.05) is 20.6 Å². The van der Waals surface area contributed by atoms with Gasteiger partial charge in [-0.05, 0) is 102 Å². The van der Waals surface area contributed by atoms with Crippen LogP contribution in [0.25, 0.3) is 10.8 Å². The average molecular weight is 871 g/mol. The first-order chi connectivity index (χ1) is 28.5. The Morgan fingerprint density at radius 2 is 1.57 bits per heavy atom. The Labute approximate surface area is 360 Å². The van der Waals surface area contributed by atoms with E-state index in [0.717, 1.165) is 10.8 Å². The number of rotatable bonds is 8. The Hall–Kier alpha value is -3.51. The molecule has 4 N–H and O–H groups in total. The lowest BCUT2D eigenvalue weighted by Gasteiger charge is -2.47. The highest BCUT2D eigenvalue weighted by molar-refractivity contribution is 7.89. The molecular formula is C46H66N2O12S. The first-order valence-corrected chi connectivity index (χ1v) is 22.7. The number of nitrogens with zero attached hydrogens (tertiary/aromatic N) is 2. The van der Waals surface area contributed by atoms with Crippen molar-refractivity contribution in [3.05, 3.63) is 78.4 Å². The van der Waals surface area contributed by atoms with Crippen molar-refractivity contribution >= 4 is 32.7 Å². The van der Waals surface area contributed by atoms with Crippen molar-refractivity contribution in [3.63, 3.8) is 0 Å². The van der Waals surface area contributed by atoms with Gasteiger partial charge in [0.1, 0.15) is 17.8 Å². The molecule has 0 radical (unpaired) electrons. The minimum Gasteiger partial charge on any atom is -0.459 e. The summed E-state index contributed by atoms with van der Waals surface area (Å²) in [6.45, 7) is 13.5. The van der Waals surface area contributed by atoms with Crippen LogP contribution in [0, 0.1) is 17.8 Å². The smallest absolute Gasteiger partial charge is 0.338 e. The number of carbonyl (C=O) groups is 2. The summed E-state index contributed by atoms with van der Waals surface area (Å²) in [5, 5.41) is 49.1. The van der Waals surface area contributed by atoms with E-state index in [0.29, 0.717) is 6.54 Å². The van der Waals surface area contributed by atoms with Gasteiger partial charge in [-0.1, -0.05) is 69.3 Å². The number of hydrogen-bond donors (Lipinski definition) is 4. The number of benzene rings is 3. The standard InChI is InChI=1S/C46H66N2O12S/c1-11-37-46(8,54)40(50)31(6)47(9)26-27(2)25-45(7,53)41(29(4)38(49)30(5)42(51)58-37)60-44-39(59-43(52)33-18-13-12-14-19-33)36(23-28(3)57-44)48(10)61(55,56)35-22-21-32-17-15-16-20-34(32)24-35/h12-22,24,27-31,36-41,44,49-50,53-54H,11,23,25-26H2,1-10H3/t27-,28-,29+,30-,31-,36+,37-,38+,39-,40-,41-,44+,45-,46-/m1/s1. The van der Waals surface area contributed by atoms with E-state index in [1.807, 2.05) is 36.1 Å². The number of ether oxygens (including phenoxy) is 4. The van der Waals surface area contributed by atoms with Gasteiger partial charge in [0.15, 0.2) is 12.4 Å². The molecule has 2 aliphatic rings. The first kappa shape index (κ1) is 48.5. The second-order valence-electron chi connectivity index (χ2n) is 17.9. The number of fused-ring (bicyclic) bond motifs is 1. The van der Waals surface area contributed by atoms with Gasteiger partial charge in [-0.15, -0.1) is 0 Å². The zero-order valence-corrected chi connectivity index (χ0v) is 37.9. The fraction of sp³-hybridized carbons (Fsp3) is 0.609. The van der Waals surface area contributed by atoms with Crippen LogP contribution in [0.15, 0.2) is 77.7 Å². The van der Waals surface area contributed by atoms with E-state index in [-0.39, 0.29) is 35.6 Å². The molecule has 338 valence electrons. The van der Waals surface area contributed by atoms with Crippen LogP contribution in [0.1, 0.15) is 85.0 Å². The molecule has 61 heavy (non-hydrogen) atoms. The highest BCUT2D eigenvalue weighted by Gasteiger charge is 2.52. The molecule has 0 spiro atoms. The van der Waals surface area contributed by atoms with Crippen molar-refractivity contribution in [3.8, 4) is 0 Å². The van der Waals surface area contributed by atoms with Gasteiger partial charge in [-0.3, -0.25) is 4.79 Å². The maximum absolute atomic E-state index is 14.5. The Balaban J connectivity index is 1.57. The largest absolute Gasteiger partial charge is 0.459 e. The van der Waals surface area contributed by atoms with Crippen molar-refractivity contribution in [2.24, 2.45) is 17.8 Å². The van der Waals surface area contributed by atoms with E-state index in [9.17, 15) is 38.4 Å². The third-order valence-corrected chi connectivity index (χ3v) is 14.8. The summed E-state index contributed by atoms with van der Waals surface area (Å²) >= 11 is 0. The SMILES string of the molecule is CC[C@H]1OC(=O)[C@H](C)[C@@H](O)[C@H](C)[C@@H](O[C@@H]2O[C@H](C)C[C@H](N(C)S(=O)(=O)c3ccc4ccccc4c3)[C@H]2OC(=O)c2ccccc2)[C@](C)(O)C[C@@H](C)CN(C)[C@H](C)[C@@H](O)[C@]1(C)O. The minimum absolute atomic E-state index is 0.0356. The molecule has 3 aromatic rings. The molecule has 2 fully saturated rings. The number of aliphatic hydroxyl groups is 4. The predicted octanol–water partition coefficient (Wildman–Crippen LogP) is 4.75. The lowest BCUT2D eigenvalue weighted by molar-refractivity contribution is -0.296. The Morgan fingerprint density at radius 1 is 0.951 bits per heavy atom. The lowest BCUT2D eigenvalue weighted by Crippen LogP contribution is -2.61. The second kappa shape index (κ2) is 19.5. The predicted molar refractivity (Wildman–Crippen MR) is 230 cm³/mol. The van der Waals surface area contributed by atoms with Crippen LogP contribution in [0.2, 0.25) is 0 Å². The summed E-state index contributed by atoms with van der Waals surface area (Å²) in [4.78, 5) is 29.5. The summed E-state index contributed by atoms with van der Waals surface area (Å²) in [7, 11) is -1.01. The Morgan fingerprint density at radius 3 is 2.21 bits per heavy atom. The van der Waals surface area contributed by atoms with Crippen LogP contribution in [0.3, 0.4) is 0 Å². The number of carbonyl (C=O) groups excluding carboxylic acids is 2. The molecule has 14 nitrogen and oxygen atoms in total. The number of likely N-dealkylation sites (N-methyl/N-ethyl adjacent to an activating group) is 2. The molecule has 2 heterocycles. The van der Waals surface area contributed by atoms with Crippen LogP contribution in [0.4, 0.5) is 0 Å². The van der Waals surface area contributed by atoms with Gasteiger partial charge in [-0.25, -0.2) is 13.2 Å². The van der Waals surface area contributed by atoms with Crippen LogP contribution in [0.5, 0.6) is 0 Å². The molecule has 0 saturated carbocycles. The molecule has 0 unspecified atom stereocenters. The zero-order valence-electron chi connectivity index (χ0n) is 37.0. The topological polar surface area (TPSA) is 193 Å². The second-order valence-corrected chi connectivity index (χ2v) is 19.9. The zero-order chi connectivity index (χ0) is 45.2. The van der Waals surface area contributed by atoms with Crippen molar-refractivity contribution in [1.82, 2.24) is 9.21 Å². The molecule has 5 rings (SSSR count). The van der Waals surface area contributed by atoms with Crippen molar-refractivity contribution in [2.45, 2.75) is 146 Å². The molecule has 15 heteroatoms. The van der Waals surface area contributed by atoms with Gasteiger partial charge < -0.3 is 44.3 Å². The molecule has 14 atom stereocenters. The highest BCUT2D eigenvalue weighted by atomic mass is 32.2. The molecular weight excluding hydrogens is 805 g/mol. The molecule has 2 saturated heterocycles. The van der Waals surface area contributed by atoms with Crippen molar-refractivity contribution in [1.29, 1.82) is 0 Å². The van der Waals surface area contributed by atoms with Crippen LogP contribution >= 0.6 is 0 Å². The quantitative estimate of drug-likeness (QED) is 0.227. The van der Waals surface area contributed by atoms with E-state index >= 15 is 0 Å². The molecule has 0 bridgehead atoms. The number of esters is 2. The van der Waals surface area contributed by atoms with Crippen molar-refractivity contribution < 1.29 is 57.4 Å². The third kappa shape index (κ3) is 10.7. The van der Waals surface area contributed by atoms with Gasteiger partial charge in [0.2, 0.25) is 10.0 Å². The summed E-state index contributed by atoms with van der Waals surface area (Å²) in [6.07, 6.45) is -8.38. The van der Waals surface area contributed by atoms with E-state index in [2.05, 4.69) is 0 Å². The van der Waals surface area contributed by atoms with Gasteiger partial charge in [0.25, 0.3) is 0 Å². The summed E-state index contributed by atoms with van der Waals surface area (Å²) in [5.74, 6) is -4.07. The van der Waals surface area contributed by atoms with Gasteiger partial charge >= 0.3 is 11.9 Å². The van der Waals surface area contributed by atoms with Gasteiger partial charge in [0, 0.05) is 25.6 Å². The fourth-order valence-electron chi connectivity index (χ4n) is 9.14. The minimum atomic E-state index is -4.22. The summed E-state index contributed by atoms with van der Waals surface area (Å²) in [6, 6.07) is 18.8. The molecule has 0 aliphatic carbocycles. The van der Waals surface area contributed by atoms with Crippen LogP contribution in [-0.2, 0) is 33.8 Å². The Bertz CT molecular complexity index is 2070. The Kier molecular flexibility index (Phi) is 15.5. The maximum atomic E-state index is 14.5. The first-order valence-electron chi connectivity index (χ1n) is 21.3. The molecule has 3 aromatic carbocycles. The summed E-state index contributed by atoms with van der Waals surface area (Å²) < 4.78 is 55.3. The molecule has 0 aromatic heterocycles. The summed E-state index contributed by atoms with van der Waals surface area (Å²) in [5.41, 5.74) is -3.39. The lowest BCUT2D eigenvalue weighted by atomic mass is 9.78. The van der Waals surface area contributed by atoms with Crippen LogP contribution < -0.4 is 0 Å². The third-order valence-electron chi connectivity index (χ3n) is 12.9. The molecule has 2 aliphatic heterocycles. The van der Waals surface area contributed by atoms with E-state index in [1.165, 1.54) is 31.3 Å². The fourth-order valence-corrected chi connectivity index (χ4v) is 10.5. The van der Waals surface area contributed by atoms with E-state index < -0.39 is 100.0 Å². The van der Waals surface area contributed by atoms with Crippen LogP contribution in [-0.4, -0.2) is 137 Å². The average Bonchev–Trinajstić information content (AvgIpc) is 3.22.